The average molecular weight is 775 g/mol. The first-order valence-electron chi connectivity index (χ1n) is 20.3. The van der Waals surface area contributed by atoms with Gasteiger partial charge in [0.05, 0.1) is 23.8 Å². The van der Waals surface area contributed by atoms with E-state index in [4.69, 9.17) is 15.5 Å². The fourth-order valence-electron chi connectivity index (χ4n) is 8.26. The quantitative estimate of drug-likeness (QED) is 0.125. The van der Waals surface area contributed by atoms with E-state index < -0.39 is 5.91 Å². The SMILES string of the molecule is CCc1nc2c(cnn2CC)c(NC2CCOCC2)c1CN(Cc1ccc(F)c(-c2cccc(CN(C)C3CCN(C)CC3)c2)c1)C(=O)c1cccc(C(N)=O)c1. The number of anilines is 1. The van der Waals surface area contributed by atoms with Crippen molar-refractivity contribution in [1.29, 1.82) is 0 Å². The number of ether oxygens (including phenoxy) is 1. The van der Waals surface area contributed by atoms with Crippen molar-refractivity contribution in [3.8, 4) is 11.1 Å². The molecule has 7 rings (SSSR count). The molecule has 0 bridgehead atoms. The molecule has 0 spiro atoms. The van der Waals surface area contributed by atoms with Gasteiger partial charge in [-0.3, -0.25) is 14.5 Å². The minimum Gasteiger partial charge on any atom is -0.381 e. The summed E-state index contributed by atoms with van der Waals surface area (Å²) in [6.07, 6.45) is 6.44. The van der Waals surface area contributed by atoms with Gasteiger partial charge in [0.15, 0.2) is 5.65 Å². The lowest BCUT2D eigenvalue weighted by atomic mass is 9.98. The molecule has 11 nitrogen and oxygen atoms in total. The number of hydrogen-bond donors (Lipinski definition) is 2. The van der Waals surface area contributed by atoms with Crippen LogP contribution in [0.4, 0.5) is 10.1 Å². The molecule has 300 valence electrons. The van der Waals surface area contributed by atoms with Gasteiger partial charge in [-0.25, -0.2) is 14.1 Å². The van der Waals surface area contributed by atoms with E-state index in [1.165, 1.54) is 12.1 Å². The molecule has 57 heavy (non-hydrogen) atoms. The molecule has 2 aliphatic rings. The summed E-state index contributed by atoms with van der Waals surface area (Å²) in [7, 11) is 4.34. The highest BCUT2D eigenvalue weighted by Crippen LogP contribution is 2.34. The second kappa shape index (κ2) is 18.0. The highest BCUT2D eigenvalue weighted by Gasteiger charge is 2.27. The van der Waals surface area contributed by atoms with Crippen LogP contribution in [-0.4, -0.2) is 93.8 Å². The van der Waals surface area contributed by atoms with Crippen LogP contribution in [-0.2, 0) is 37.3 Å². The molecule has 3 N–H and O–H groups in total. The Morgan fingerprint density at radius 3 is 2.40 bits per heavy atom. The van der Waals surface area contributed by atoms with Gasteiger partial charge in [-0.15, -0.1) is 0 Å². The van der Waals surface area contributed by atoms with Gasteiger partial charge < -0.3 is 25.6 Å². The van der Waals surface area contributed by atoms with Crippen molar-refractivity contribution in [2.75, 3.05) is 45.7 Å². The molecule has 0 saturated carbocycles. The molecular weight excluding hydrogens is 720 g/mol. The zero-order chi connectivity index (χ0) is 40.1. The number of piperidine rings is 1. The van der Waals surface area contributed by atoms with E-state index in [9.17, 15) is 9.59 Å². The molecule has 2 fully saturated rings. The van der Waals surface area contributed by atoms with E-state index in [1.807, 2.05) is 36.0 Å². The second-order valence-corrected chi connectivity index (χ2v) is 15.6. The number of halogens is 1. The summed E-state index contributed by atoms with van der Waals surface area (Å²) in [5, 5.41) is 9.38. The third-order valence-electron chi connectivity index (χ3n) is 11.6. The normalized spacial score (nSPS) is 15.7. The third kappa shape index (κ3) is 9.19. The monoisotopic (exact) mass is 774 g/mol. The Morgan fingerprint density at radius 1 is 0.930 bits per heavy atom. The number of aromatic nitrogens is 3. The van der Waals surface area contributed by atoms with E-state index >= 15 is 4.39 Å². The number of nitrogens with zero attached hydrogens (tertiary/aromatic N) is 6. The lowest BCUT2D eigenvalue weighted by Gasteiger charge is -2.35. The Hall–Kier alpha value is -5.17. The van der Waals surface area contributed by atoms with Crippen molar-refractivity contribution in [3.05, 3.63) is 112 Å². The maximum Gasteiger partial charge on any atom is 0.254 e. The second-order valence-electron chi connectivity index (χ2n) is 15.6. The first-order valence-corrected chi connectivity index (χ1v) is 20.3. The topological polar surface area (TPSA) is 122 Å². The van der Waals surface area contributed by atoms with Crippen LogP contribution in [0.25, 0.3) is 22.2 Å². The molecule has 2 amide bonds. The van der Waals surface area contributed by atoms with E-state index in [0.717, 1.165) is 90.0 Å². The average Bonchev–Trinajstić information content (AvgIpc) is 3.65. The molecule has 0 radical (unpaired) electrons. The molecule has 3 aromatic carbocycles. The van der Waals surface area contributed by atoms with E-state index in [1.54, 1.807) is 29.2 Å². The number of pyridine rings is 1. The Balaban J connectivity index is 1.25. The van der Waals surface area contributed by atoms with Crippen molar-refractivity contribution in [2.24, 2.45) is 5.73 Å². The fourth-order valence-corrected chi connectivity index (χ4v) is 8.26. The van der Waals surface area contributed by atoms with E-state index in [-0.39, 0.29) is 36.4 Å². The number of benzene rings is 3. The van der Waals surface area contributed by atoms with Gasteiger partial charge in [0, 0.05) is 72.9 Å². The minimum atomic E-state index is -0.613. The fraction of sp³-hybridized carbons (Fsp3) is 0.422. The lowest BCUT2D eigenvalue weighted by molar-refractivity contribution is 0.0729. The Bertz CT molecular complexity index is 2210. The van der Waals surface area contributed by atoms with Gasteiger partial charge >= 0.3 is 0 Å². The smallest absolute Gasteiger partial charge is 0.254 e. The number of amides is 2. The van der Waals surface area contributed by atoms with Crippen molar-refractivity contribution in [2.45, 2.75) is 84.2 Å². The number of nitrogens with two attached hydrogens (primary N) is 1. The maximum absolute atomic E-state index is 15.8. The molecule has 12 heteroatoms. The van der Waals surface area contributed by atoms with Crippen LogP contribution < -0.4 is 11.1 Å². The van der Waals surface area contributed by atoms with Crippen LogP contribution in [0.5, 0.6) is 0 Å². The van der Waals surface area contributed by atoms with Gasteiger partial charge in [0.25, 0.3) is 5.91 Å². The van der Waals surface area contributed by atoms with Gasteiger partial charge in [-0.2, -0.15) is 5.10 Å². The summed E-state index contributed by atoms with van der Waals surface area (Å²) in [4.78, 5) is 38.5. The summed E-state index contributed by atoms with van der Waals surface area (Å²) in [6, 6.07) is 20.4. The summed E-state index contributed by atoms with van der Waals surface area (Å²) in [5.41, 5.74) is 12.8. The Labute approximate surface area is 335 Å². The minimum absolute atomic E-state index is 0.175. The molecular formula is C45H55FN8O3. The summed E-state index contributed by atoms with van der Waals surface area (Å²) < 4.78 is 23.4. The van der Waals surface area contributed by atoms with Gasteiger partial charge in [-0.1, -0.05) is 37.3 Å². The number of rotatable bonds is 14. The van der Waals surface area contributed by atoms with Crippen LogP contribution >= 0.6 is 0 Å². The molecule has 0 atom stereocenters. The molecule has 2 aromatic heterocycles. The summed E-state index contributed by atoms with van der Waals surface area (Å²) in [5.74, 6) is -1.23. The third-order valence-corrected chi connectivity index (χ3v) is 11.6. The number of hydrogen-bond acceptors (Lipinski definition) is 8. The molecule has 4 heterocycles. The first kappa shape index (κ1) is 40.0. The number of carbonyl (C=O) groups is 2. The van der Waals surface area contributed by atoms with Crippen LogP contribution in [0.2, 0.25) is 0 Å². The Morgan fingerprint density at radius 2 is 1.67 bits per heavy atom. The van der Waals surface area contributed by atoms with Crippen LogP contribution in [0.15, 0.2) is 72.9 Å². The van der Waals surface area contributed by atoms with E-state index in [2.05, 4.69) is 53.4 Å². The predicted octanol–water partition coefficient (Wildman–Crippen LogP) is 6.88. The van der Waals surface area contributed by atoms with Crippen molar-refractivity contribution >= 4 is 28.5 Å². The van der Waals surface area contributed by atoms with Gasteiger partial charge in [-0.05, 0) is 119 Å². The van der Waals surface area contributed by atoms with Crippen molar-refractivity contribution < 1.29 is 18.7 Å². The molecule has 2 saturated heterocycles. The number of carbonyl (C=O) groups excluding carboxylic acids is 2. The largest absolute Gasteiger partial charge is 0.381 e. The van der Waals surface area contributed by atoms with Crippen molar-refractivity contribution in [3.63, 3.8) is 0 Å². The number of likely N-dealkylation sites (tertiary alicyclic amines) is 1. The summed E-state index contributed by atoms with van der Waals surface area (Å²) >= 11 is 0. The van der Waals surface area contributed by atoms with Crippen molar-refractivity contribution in [1.82, 2.24) is 29.5 Å². The zero-order valence-corrected chi connectivity index (χ0v) is 33.6. The summed E-state index contributed by atoms with van der Waals surface area (Å²) in [6.45, 7) is 9.45. The van der Waals surface area contributed by atoms with Crippen LogP contribution in [0, 0.1) is 5.82 Å². The molecule has 0 aliphatic carbocycles. The molecule has 0 unspecified atom stereocenters. The van der Waals surface area contributed by atoms with E-state index in [0.29, 0.717) is 43.3 Å². The molecule has 2 aliphatic heterocycles. The van der Waals surface area contributed by atoms with Gasteiger partial charge in [0.1, 0.15) is 5.82 Å². The lowest BCUT2D eigenvalue weighted by Crippen LogP contribution is -2.41. The number of primary amides is 1. The standard InChI is InChI=1S/C45H55FN8O3/c1-5-41-39(42(49-35-17-21-57-22-18-35)38-26-48-54(6-2)44(38)50-41)29-53(45(56)34-12-8-11-33(25-34)43(47)55)28-31-13-14-40(46)37(24-31)32-10-7-9-30(23-32)27-52(4)36-15-19-51(3)20-16-36/h7-14,23-26,35-36H,5-6,15-22,27-29H2,1-4H3,(H2,47,55)(H,49,50). The molecule has 5 aromatic rings. The Kier molecular flexibility index (Phi) is 12.6. The van der Waals surface area contributed by atoms with Gasteiger partial charge in [0.2, 0.25) is 5.91 Å². The highest BCUT2D eigenvalue weighted by atomic mass is 19.1. The maximum atomic E-state index is 15.8. The number of nitrogens with one attached hydrogen (secondary N) is 1. The highest BCUT2D eigenvalue weighted by molar-refractivity contribution is 5.99. The number of fused-ring (bicyclic) bond motifs is 1. The van der Waals surface area contributed by atoms with Crippen LogP contribution in [0.1, 0.15) is 82.6 Å². The predicted molar refractivity (Wildman–Crippen MR) is 222 cm³/mol. The zero-order valence-electron chi connectivity index (χ0n) is 33.6. The first-order chi connectivity index (χ1) is 27.6. The number of aryl methyl sites for hydroxylation is 2. The van der Waals surface area contributed by atoms with Crippen LogP contribution in [0.3, 0.4) is 0 Å².